The van der Waals surface area contributed by atoms with Crippen molar-refractivity contribution in [3.05, 3.63) is 95.0 Å². The van der Waals surface area contributed by atoms with Crippen LogP contribution >= 0.6 is 11.6 Å². The summed E-state index contributed by atoms with van der Waals surface area (Å²) in [5.74, 6) is 0.417. The first-order valence-electron chi connectivity index (χ1n) is 10.6. The summed E-state index contributed by atoms with van der Waals surface area (Å²) in [5, 5.41) is 3.29. The zero-order valence-corrected chi connectivity index (χ0v) is 19.4. The Bertz CT molecular complexity index is 1060. The molecule has 3 aromatic carbocycles. The van der Waals surface area contributed by atoms with Crippen molar-refractivity contribution in [3.63, 3.8) is 0 Å². The number of hydrogen-bond acceptors (Lipinski definition) is 4. The number of methoxy groups -OCH3 is 1. The minimum Gasteiger partial charge on any atom is -0.493 e. The van der Waals surface area contributed by atoms with E-state index in [0.29, 0.717) is 22.9 Å². The van der Waals surface area contributed by atoms with Gasteiger partial charge in [-0.3, -0.25) is 9.59 Å². The fourth-order valence-corrected chi connectivity index (χ4v) is 3.59. The molecule has 0 radical (unpaired) electrons. The van der Waals surface area contributed by atoms with Crippen LogP contribution in [-0.4, -0.2) is 43.5 Å². The molecule has 1 atom stereocenters. The number of rotatable bonds is 10. The standard InChI is InChI=1S/C26H27ClN2O4/c1-28-26(31)22(16-19-8-4-3-5-9-19)29(17-20-12-14-21(27)15-13-20)25(30)18-33-24-11-7-6-10-23(24)32-2/h3-15,22H,16-18H2,1-2H3,(H,28,31)/t22-/m0/s1. The Kier molecular flexibility index (Phi) is 8.72. The van der Waals surface area contributed by atoms with Crippen LogP contribution in [0, 0.1) is 0 Å². The van der Waals surface area contributed by atoms with Gasteiger partial charge in [-0.2, -0.15) is 0 Å². The summed E-state index contributed by atoms with van der Waals surface area (Å²) in [6, 6.07) is 23.2. The van der Waals surface area contributed by atoms with Crippen LogP contribution in [-0.2, 0) is 22.6 Å². The number of ether oxygens (including phenoxy) is 2. The van der Waals surface area contributed by atoms with Crippen molar-refractivity contribution in [2.24, 2.45) is 0 Å². The van der Waals surface area contributed by atoms with Gasteiger partial charge in [0.1, 0.15) is 6.04 Å². The summed E-state index contributed by atoms with van der Waals surface area (Å²) in [7, 11) is 3.11. The Hall–Kier alpha value is -3.51. The van der Waals surface area contributed by atoms with Crippen molar-refractivity contribution in [2.75, 3.05) is 20.8 Å². The number of likely N-dealkylation sites (N-methyl/N-ethyl adjacent to an activating group) is 1. The molecule has 0 aromatic heterocycles. The van der Waals surface area contributed by atoms with E-state index >= 15 is 0 Å². The zero-order valence-electron chi connectivity index (χ0n) is 18.7. The quantitative estimate of drug-likeness (QED) is 0.488. The van der Waals surface area contributed by atoms with Gasteiger partial charge >= 0.3 is 0 Å². The fraction of sp³-hybridized carbons (Fsp3) is 0.231. The minimum absolute atomic E-state index is 0.232. The van der Waals surface area contributed by atoms with Crippen molar-refractivity contribution >= 4 is 23.4 Å². The van der Waals surface area contributed by atoms with Gasteiger partial charge in [-0.1, -0.05) is 66.2 Å². The second-order valence-electron chi connectivity index (χ2n) is 7.41. The number of nitrogens with zero attached hydrogens (tertiary/aromatic N) is 1. The molecule has 7 heteroatoms. The lowest BCUT2D eigenvalue weighted by Gasteiger charge is -2.31. The van der Waals surface area contributed by atoms with Gasteiger partial charge in [0.2, 0.25) is 5.91 Å². The van der Waals surface area contributed by atoms with Crippen LogP contribution < -0.4 is 14.8 Å². The molecule has 0 aliphatic heterocycles. The first-order chi connectivity index (χ1) is 16.0. The molecule has 0 saturated carbocycles. The molecule has 0 saturated heterocycles. The second-order valence-corrected chi connectivity index (χ2v) is 7.84. The van der Waals surface area contributed by atoms with E-state index in [-0.39, 0.29) is 25.0 Å². The normalized spacial score (nSPS) is 11.4. The minimum atomic E-state index is -0.721. The number of hydrogen-bond donors (Lipinski definition) is 1. The van der Waals surface area contributed by atoms with Crippen LogP contribution in [0.3, 0.4) is 0 Å². The van der Waals surface area contributed by atoms with Gasteiger partial charge in [0, 0.05) is 25.0 Å². The van der Waals surface area contributed by atoms with E-state index in [1.807, 2.05) is 48.5 Å². The van der Waals surface area contributed by atoms with Crippen LogP contribution in [0.15, 0.2) is 78.9 Å². The van der Waals surface area contributed by atoms with E-state index in [1.165, 1.54) is 0 Å². The Morgan fingerprint density at radius 2 is 1.55 bits per heavy atom. The summed E-state index contributed by atoms with van der Waals surface area (Å²) in [5.41, 5.74) is 1.80. The molecule has 172 valence electrons. The third kappa shape index (κ3) is 6.73. The fourth-order valence-electron chi connectivity index (χ4n) is 3.47. The molecule has 0 bridgehead atoms. The van der Waals surface area contributed by atoms with Crippen LogP contribution in [0.4, 0.5) is 0 Å². The maximum atomic E-state index is 13.4. The summed E-state index contributed by atoms with van der Waals surface area (Å²) < 4.78 is 11.1. The van der Waals surface area contributed by atoms with Crippen LogP contribution in [0.5, 0.6) is 11.5 Å². The average Bonchev–Trinajstić information content (AvgIpc) is 2.86. The second kappa shape index (κ2) is 11.9. The first-order valence-corrected chi connectivity index (χ1v) is 10.9. The highest BCUT2D eigenvalue weighted by atomic mass is 35.5. The van der Waals surface area contributed by atoms with Crippen molar-refractivity contribution in [1.29, 1.82) is 0 Å². The van der Waals surface area contributed by atoms with Gasteiger partial charge < -0.3 is 19.7 Å². The van der Waals surface area contributed by atoms with E-state index < -0.39 is 6.04 Å². The van der Waals surface area contributed by atoms with Gasteiger partial charge in [0.05, 0.1) is 7.11 Å². The number of halogens is 1. The van der Waals surface area contributed by atoms with E-state index in [9.17, 15) is 9.59 Å². The van der Waals surface area contributed by atoms with E-state index in [4.69, 9.17) is 21.1 Å². The molecule has 6 nitrogen and oxygen atoms in total. The third-order valence-electron chi connectivity index (χ3n) is 5.20. The molecular formula is C26H27ClN2O4. The van der Waals surface area contributed by atoms with Crippen molar-refractivity contribution in [3.8, 4) is 11.5 Å². The molecule has 0 unspecified atom stereocenters. The number of carbonyl (C=O) groups excluding carboxylic acids is 2. The van der Waals surface area contributed by atoms with Crippen molar-refractivity contribution in [1.82, 2.24) is 10.2 Å². The number of amides is 2. The molecule has 3 rings (SSSR count). The van der Waals surface area contributed by atoms with Crippen molar-refractivity contribution in [2.45, 2.75) is 19.0 Å². The van der Waals surface area contributed by atoms with E-state index in [2.05, 4.69) is 5.32 Å². The third-order valence-corrected chi connectivity index (χ3v) is 5.46. The first kappa shape index (κ1) is 24.1. The highest BCUT2D eigenvalue weighted by molar-refractivity contribution is 6.30. The highest BCUT2D eigenvalue weighted by Gasteiger charge is 2.30. The van der Waals surface area contributed by atoms with Gasteiger partial charge in [-0.25, -0.2) is 0 Å². The molecule has 33 heavy (non-hydrogen) atoms. The molecule has 0 aliphatic rings. The molecular weight excluding hydrogens is 440 g/mol. The Labute approximate surface area is 199 Å². The predicted octanol–water partition coefficient (Wildman–Crippen LogP) is 4.11. The lowest BCUT2D eigenvalue weighted by molar-refractivity contribution is -0.142. The highest BCUT2D eigenvalue weighted by Crippen LogP contribution is 2.26. The lowest BCUT2D eigenvalue weighted by Crippen LogP contribution is -2.51. The van der Waals surface area contributed by atoms with E-state index in [1.54, 1.807) is 49.4 Å². The van der Waals surface area contributed by atoms with Crippen LogP contribution in [0.1, 0.15) is 11.1 Å². The van der Waals surface area contributed by atoms with Crippen molar-refractivity contribution < 1.29 is 19.1 Å². The molecule has 0 aliphatic carbocycles. The number of benzene rings is 3. The summed E-state index contributed by atoms with van der Waals surface area (Å²) in [4.78, 5) is 27.8. The summed E-state index contributed by atoms with van der Waals surface area (Å²) in [6.07, 6.45) is 0.370. The smallest absolute Gasteiger partial charge is 0.261 e. The number of carbonyl (C=O) groups is 2. The van der Waals surface area contributed by atoms with Crippen LogP contribution in [0.25, 0.3) is 0 Å². The molecule has 2 amide bonds. The van der Waals surface area contributed by atoms with Gasteiger partial charge in [-0.05, 0) is 35.4 Å². The molecule has 0 spiro atoms. The Morgan fingerprint density at radius 3 is 2.18 bits per heavy atom. The number of nitrogens with one attached hydrogen (secondary N) is 1. The molecule has 0 fully saturated rings. The Balaban J connectivity index is 1.87. The maximum Gasteiger partial charge on any atom is 0.261 e. The maximum absolute atomic E-state index is 13.4. The Morgan fingerprint density at radius 1 is 0.909 bits per heavy atom. The summed E-state index contributed by atoms with van der Waals surface area (Å²) in [6.45, 7) is -0.00749. The van der Waals surface area contributed by atoms with Gasteiger partial charge in [0.25, 0.3) is 5.91 Å². The number of para-hydroxylation sites is 2. The van der Waals surface area contributed by atoms with E-state index in [0.717, 1.165) is 11.1 Å². The summed E-state index contributed by atoms with van der Waals surface area (Å²) >= 11 is 6.02. The largest absolute Gasteiger partial charge is 0.493 e. The van der Waals surface area contributed by atoms with Crippen LogP contribution in [0.2, 0.25) is 5.02 Å². The molecule has 0 heterocycles. The monoisotopic (exact) mass is 466 g/mol. The average molecular weight is 467 g/mol. The zero-order chi connectivity index (χ0) is 23.6. The SMILES string of the molecule is CNC(=O)[C@H](Cc1ccccc1)N(Cc1ccc(Cl)cc1)C(=O)COc1ccccc1OC. The predicted molar refractivity (Wildman–Crippen MR) is 128 cm³/mol. The van der Waals surface area contributed by atoms with Gasteiger partial charge in [0.15, 0.2) is 18.1 Å². The molecule has 3 aromatic rings. The molecule has 1 N–H and O–H groups in total. The lowest BCUT2D eigenvalue weighted by atomic mass is 10.0. The van der Waals surface area contributed by atoms with Gasteiger partial charge in [-0.15, -0.1) is 0 Å². The topological polar surface area (TPSA) is 67.9 Å².